The number of hydrogen-bond acceptors (Lipinski definition) is 4. The Morgan fingerprint density at radius 3 is 3.27 bits per heavy atom. The van der Waals surface area contributed by atoms with Crippen LogP contribution in [0.5, 0.6) is 0 Å². The monoisotopic (exact) mass is 219 g/mol. The Kier molecular flexibility index (Phi) is 3.12. The third-order valence-electron chi connectivity index (χ3n) is 2.57. The van der Waals surface area contributed by atoms with Gasteiger partial charge >= 0.3 is 0 Å². The van der Waals surface area contributed by atoms with E-state index in [1.807, 2.05) is 23.9 Å². The van der Waals surface area contributed by atoms with Gasteiger partial charge in [-0.3, -0.25) is 0 Å². The predicted octanol–water partition coefficient (Wildman–Crippen LogP) is 1.89. The summed E-state index contributed by atoms with van der Waals surface area (Å²) in [6.07, 6.45) is 1.67. The molecule has 0 radical (unpaired) electrons. The van der Waals surface area contributed by atoms with E-state index < -0.39 is 0 Å². The molecule has 3 nitrogen and oxygen atoms in total. The summed E-state index contributed by atoms with van der Waals surface area (Å²) in [6, 6.07) is 6.52. The number of nitrogens with zero attached hydrogens (tertiary/aromatic N) is 3. The fourth-order valence-electron chi connectivity index (χ4n) is 1.80. The first-order valence-electron chi connectivity index (χ1n) is 5.02. The Hall–Kier alpha value is -1.21. The van der Waals surface area contributed by atoms with Crippen LogP contribution in [0.2, 0.25) is 0 Å². The molecule has 0 N–H and O–H groups in total. The van der Waals surface area contributed by atoms with Crippen LogP contribution in [-0.2, 0) is 0 Å². The van der Waals surface area contributed by atoms with Gasteiger partial charge in [0.2, 0.25) is 0 Å². The lowest BCUT2D eigenvalue weighted by molar-refractivity contribution is 0.697. The predicted molar refractivity (Wildman–Crippen MR) is 63.1 cm³/mol. The summed E-state index contributed by atoms with van der Waals surface area (Å²) in [6.45, 7) is 3.20. The summed E-state index contributed by atoms with van der Waals surface area (Å²) in [5.41, 5.74) is 1.52. The summed E-state index contributed by atoms with van der Waals surface area (Å²) in [5, 5.41) is 8.99. The molecule has 1 saturated heterocycles. The van der Waals surface area contributed by atoms with Crippen LogP contribution in [0.1, 0.15) is 12.6 Å². The summed E-state index contributed by atoms with van der Waals surface area (Å²) in [4.78, 5) is 6.38. The van der Waals surface area contributed by atoms with Crippen LogP contribution in [0.3, 0.4) is 0 Å². The number of anilines is 1. The second-order valence-electron chi connectivity index (χ2n) is 3.60. The Morgan fingerprint density at radius 1 is 1.67 bits per heavy atom. The molecule has 0 spiro atoms. The lowest BCUT2D eigenvalue weighted by Gasteiger charge is -2.35. The van der Waals surface area contributed by atoms with Gasteiger partial charge in [-0.15, -0.1) is 0 Å². The van der Waals surface area contributed by atoms with Crippen LogP contribution < -0.4 is 4.90 Å². The van der Waals surface area contributed by atoms with Crippen molar-refractivity contribution in [2.45, 2.75) is 13.0 Å². The molecular formula is C11H13N3S. The molecule has 78 valence electrons. The van der Waals surface area contributed by atoms with E-state index in [9.17, 15) is 0 Å². The number of aromatic nitrogens is 1. The van der Waals surface area contributed by atoms with Crippen molar-refractivity contribution in [3.8, 4) is 6.07 Å². The number of nitriles is 1. The van der Waals surface area contributed by atoms with Gasteiger partial charge in [-0.05, 0) is 19.1 Å². The van der Waals surface area contributed by atoms with Gasteiger partial charge in [-0.25, -0.2) is 4.98 Å². The third-order valence-corrected chi connectivity index (χ3v) is 3.76. The molecule has 1 aromatic heterocycles. The van der Waals surface area contributed by atoms with Crippen LogP contribution in [0.15, 0.2) is 18.3 Å². The first-order chi connectivity index (χ1) is 7.33. The molecule has 0 aliphatic carbocycles. The topological polar surface area (TPSA) is 39.9 Å². The van der Waals surface area contributed by atoms with Gasteiger partial charge in [-0.2, -0.15) is 17.0 Å². The number of hydrogen-bond donors (Lipinski definition) is 0. The third kappa shape index (κ3) is 2.07. The molecule has 1 aliphatic rings. The number of rotatable bonds is 1. The lowest BCUT2D eigenvalue weighted by Crippen LogP contribution is -2.40. The summed E-state index contributed by atoms with van der Waals surface area (Å²) in [7, 11) is 0. The normalized spacial score (nSPS) is 21.1. The van der Waals surface area contributed by atoms with E-state index >= 15 is 0 Å². The average Bonchev–Trinajstić information content (AvgIpc) is 2.30. The largest absolute Gasteiger partial charge is 0.365 e. The highest BCUT2D eigenvalue weighted by molar-refractivity contribution is 7.99. The van der Waals surface area contributed by atoms with E-state index in [1.54, 1.807) is 6.20 Å². The second-order valence-corrected chi connectivity index (χ2v) is 4.75. The van der Waals surface area contributed by atoms with Crippen molar-refractivity contribution in [3.63, 3.8) is 0 Å². The molecule has 15 heavy (non-hydrogen) atoms. The fraction of sp³-hybridized carbons (Fsp3) is 0.455. The van der Waals surface area contributed by atoms with Gasteiger partial charge in [0.25, 0.3) is 0 Å². The van der Waals surface area contributed by atoms with Crippen molar-refractivity contribution in [1.29, 1.82) is 5.26 Å². The van der Waals surface area contributed by atoms with Crippen molar-refractivity contribution >= 4 is 17.4 Å². The van der Waals surface area contributed by atoms with E-state index in [4.69, 9.17) is 5.26 Å². The van der Waals surface area contributed by atoms with Gasteiger partial charge in [0, 0.05) is 30.3 Å². The molecule has 1 fully saturated rings. The van der Waals surface area contributed by atoms with Gasteiger partial charge in [0.15, 0.2) is 5.69 Å². The molecule has 0 saturated carbocycles. The van der Waals surface area contributed by atoms with Crippen LogP contribution >= 0.6 is 11.8 Å². The van der Waals surface area contributed by atoms with Crippen LogP contribution in [0, 0.1) is 11.3 Å². The standard InChI is InChI=1S/C11H13N3S/c1-9-8-15-6-5-14(9)11-3-2-4-13-10(11)7-12/h2-4,9H,5-6,8H2,1H3. The molecule has 1 aliphatic heterocycles. The molecule has 2 heterocycles. The maximum absolute atomic E-state index is 8.99. The van der Waals surface area contributed by atoms with Gasteiger partial charge < -0.3 is 4.90 Å². The Balaban J connectivity index is 2.31. The Labute approximate surface area is 94.1 Å². The summed E-state index contributed by atoms with van der Waals surface area (Å²) < 4.78 is 0. The molecule has 1 unspecified atom stereocenters. The first-order valence-corrected chi connectivity index (χ1v) is 6.18. The first kappa shape index (κ1) is 10.3. The minimum Gasteiger partial charge on any atom is -0.365 e. The van der Waals surface area contributed by atoms with Crippen LogP contribution in [0.25, 0.3) is 0 Å². The highest BCUT2D eigenvalue weighted by atomic mass is 32.2. The molecule has 2 rings (SSSR count). The molecule has 1 atom stereocenters. The van der Waals surface area contributed by atoms with Gasteiger partial charge in [0.1, 0.15) is 6.07 Å². The summed E-state index contributed by atoms with van der Waals surface area (Å²) in [5.74, 6) is 2.25. The number of pyridine rings is 1. The van der Waals surface area contributed by atoms with Crippen molar-refractivity contribution < 1.29 is 0 Å². The Morgan fingerprint density at radius 2 is 2.53 bits per heavy atom. The molecule has 0 aromatic carbocycles. The molecule has 0 bridgehead atoms. The highest BCUT2D eigenvalue weighted by Crippen LogP contribution is 2.25. The quantitative estimate of drug-likeness (QED) is 0.723. The van der Waals surface area contributed by atoms with Gasteiger partial charge in [0.05, 0.1) is 5.69 Å². The zero-order valence-electron chi connectivity index (χ0n) is 8.68. The SMILES string of the molecule is CC1CSCCN1c1cccnc1C#N. The lowest BCUT2D eigenvalue weighted by atomic mass is 10.2. The van der Waals surface area contributed by atoms with Crippen molar-refractivity contribution in [2.75, 3.05) is 23.0 Å². The van der Waals surface area contributed by atoms with Crippen LogP contribution in [-0.4, -0.2) is 29.1 Å². The van der Waals surface area contributed by atoms with Gasteiger partial charge in [-0.1, -0.05) is 0 Å². The van der Waals surface area contributed by atoms with Crippen molar-refractivity contribution in [1.82, 2.24) is 4.98 Å². The van der Waals surface area contributed by atoms with Crippen molar-refractivity contribution in [2.24, 2.45) is 0 Å². The zero-order valence-corrected chi connectivity index (χ0v) is 9.50. The number of thioether (sulfide) groups is 1. The van der Waals surface area contributed by atoms with E-state index in [0.29, 0.717) is 11.7 Å². The van der Waals surface area contributed by atoms with E-state index in [2.05, 4.69) is 22.9 Å². The molecule has 4 heteroatoms. The maximum Gasteiger partial charge on any atom is 0.163 e. The Bertz CT molecular complexity index is 386. The smallest absolute Gasteiger partial charge is 0.163 e. The molecule has 1 aromatic rings. The minimum atomic E-state index is 0.486. The highest BCUT2D eigenvalue weighted by Gasteiger charge is 2.21. The van der Waals surface area contributed by atoms with E-state index in [1.165, 1.54) is 0 Å². The second kappa shape index (κ2) is 4.54. The maximum atomic E-state index is 8.99. The zero-order chi connectivity index (χ0) is 10.7. The molecular weight excluding hydrogens is 206 g/mol. The summed E-state index contributed by atoms with van der Waals surface area (Å²) >= 11 is 1.97. The fourth-order valence-corrected chi connectivity index (χ4v) is 2.81. The van der Waals surface area contributed by atoms with E-state index in [-0.39, 0.29) is 0 Å². The minimum absolute atomic E-state index is 0.486. The van der Waals surface area contributed by atoms with Crippen LogP contribution in [0.4, 0.5) is 5.69 Å². The van der Waals surface area contributed by atoms with Crippen molar-refractivity contribution in [3.05, 3.63) is 24.0 Å². The molecule has 0 amide bonds. The van der Waals surface area contributed by atoms with E-state index in [0.717, 1.165) is 23.7 Å². The average molecular weight is 219 g/mol.